The highest BCUT2D eigenvalue weighted by atomic mass is 16.5. The Morgan fingerprint density at radius 2 is 1.29 bits per heavy atom. The van der Waals surface area contributed by atoms with Gasteiger partial charge in [-0.25, -0.2) is 0 Å². The van der Waals surface area contributed by atoms with Gasteiger partial charge in [-0.05, 0) is 65.7 Å². The number of carbonyl (C=O) groups excluding carboxylic acids is 2. The molecule has 0 aromatic heterocycles. The molecule has 0 aliphatic carbocycles. The van der Waals surface area contributed by atoms with Gasteiger partial charge in [0.25, 0.3) is 0 Å². The van der Waals surface area contributed by atoms with Gasteiger partial charge in [-0.1, -0.05) is 24.3 Å². The van der Waals surface area contributed by atoms with E-state index in [0.717, 1.165) is 12.1 Å². The molecular weight excluding hydrogens is 488 g/mol. The van der Waals surface area contributed by atoms with Crippen LogP contribution in [0.2, 0.25) is 0 Å². The number of ketones is 2. The van der Waals surface area contributed by atoms with Crippen molar-refractivity contribution in [1.82, 2.24) is 0 Å². The quantitative estimate of drug-likeness (QED) is 0.176. The van der Waals surface area contributed by atoms with Gasteiger partial charge < -0.3 is 30.3 Å². The summed E-state index contributed by atoms with van der Waals surface area (Å²) in [4.78, 5) is 26.3. The zero-order valence-electron chi connectivity index (χ0n) is 19.8. The van der Waals surface area contributed by atoms with Crippen LogP contribution in [-0.2, 0) is 0 Å². The topological polar surface area (TPSA) is 145 Å². The summed E-state index contributed by atoms with van der Waals surface area (Å²) in [6, 6.07) is 18.8. The van der Waals surface area contributed by atoms with Gasteiger partial charge >= 0.3 is 0 Å². The normalized spacial score (nSPS) is 16.2. The van der Waals surface area contributed by atoms with E-state index in [2.05, 4.69) is 0 Å². The number of phenols is 5. The Morgan fingerprint density at radius 3 is 1.92 bits per heavy atom. The van der Waals surface area contributed by atoms with E-state index in [1.807, 2.05) is 0 Å². The molecule has 190 valence electrons. The number of carbonyl (C=O) groups is 2. The molecular formula is C30H22O8. The molecule has 1 aliphatic rings. The fourth-order valence-electron chi connectivity index (χ4n) is 4.48. The van der Waals surface area contributed by atoms with Crippen molar-refractivity contribution < 1.29 is 39.9 Å². The first-order chi connectivity index (χ1) is 18.2. The molecule has 5 N–H and O–H groups in total. The van der Waals surface area contributed by atoms with Crippen LogP contribution in [-0.4, -0.2) is 37.1 Å². The lowest BCUT2D eigenvalue weighted by molar-refractivity contribution is 0.0892. The van der Waals surface area contributed by atoms with Crippen molar-refractivity contribution in [2.45, 2.75) is 12.0 Å². The minimum absolute atomic E-state index is 0.00644. The Morgan fingerprint density at radius 1 is 0.684 bits per heavy atom. The molecule has 1 heterocycles. The number of phenolic OH excluding ortho intramolecular Hbond substituents is 5. The molecule has 38 heavy (non-hydrogen) atoms. The lowest BCUT2D eigenvalue weighted by Crippen LogP contribution is -2.19. The van der Waals surface area contributed by atoms with Crippen LogP contribution in [0.1, 0.15) is 49.4 Å². The van der Waals surface area contributed by atoms with Crippen molar-refractivity contribution >= 4 is 17.6 Å². The Kier molecular flexibility index (Phi) is 6.22. The van der Waals surface area contributed by atoms with E-state index in [1.165, 1.54) is 48.6 Å². The molecule has 0 amide bonds. The van der Waals surface area contributed by atoms with E-state index in [0.29, 0.717) is 22.4 Å². The van der Waals surface area contributed by atoms with Crippen LogP contribution in [0.3, 0.4) is 0 Å². The molecule has 5 rings (SSSR count). The van der Waals surface area contributed by atoms with Crippen molar-refractivity contribution in [3.05, 3.63) is 113 Å². The van der Waals surface area contributed by atoms with E-state index in [1.54, 1.807) is 30.3 Å². The first-order valence-electron chi connectivity index (χ1n) is 11.6. The molecule has 8 nitrogen and oxygen atoms in total. The summed E-state index contributed by atoms with van der Waals surface area (Å²) in [5.41, 5.74) is 1.77. The zero-order valence-corrected chi connectivity index (χ0v) is 19.8. The van der Waals surface area contributed by atoms with Crippen LogP contribution < -0.4 is 4.74 Å². The number of aromatic hydroxyl groups is 5. The monoisotopic (exact) mass is 510 g/mol. The van der Waals surface area contributed by atoms with Crippen LogP contribution in [0, 0.1) is 0 Å². The van der Waals surface area contributed by atoms with Crippen LogP contribution in [0.4, 0.5) is 0 Å². The molecule has 8 heteroatoms. The molecule has 0 bridgehead atoms. The van der Waals surface area contributed by atoms with Crippen LogP contribution >= 0.6 is 0 Å². The van der Waals surface area contributed by atoms with Gasteiger partial charge in [0.1, 0.15) is 40.6 Å². The van der Waals surface area contributed by atoms with E-state index in [4.69, 9.17) is 4.74 Å². The number of benzene rings is 4. The van der Waals surface area contributed by atoms with Crippen molar-refractivity contribution in [1.29, 1.82) is 0 Å². The first kappa shape index (κ1) is 24.5. The summed E-state index contributed by atoms with van der Waals surface area (Å²) < 4.78 is 6.15. The maximum absolute atomic E-state index is 13.7. The molecule has 0 unspecified atom stereocenters. The van der Waals surface area contributed by atoms with Gasteiger partial charge in [0.15, 0.2) is 11.6 Å². The van der Waals surface area contributed by atoms with Gasteiger partial charge in [-0.2, -0.15) is 0 Å². The second-order valence-corrected chi connectivity index (χ2v) is 8.87. The third kappa shape index (κ3) is 4.62. The standard InChI is InChI=1S/C30H22O8/c31-18-5-3-17(4-6-18)30-28(29(37)22-10-8-20(33)15-26(22)36)23-13-16(2-12-27(23)38-30)1-11-24(34)21-9-7-19(32)14-25(21)35/h1-15,28,30-33,35-36H/b11-1+/t28-,30+/m1/s1. The van der Waals surface area contributed by atoms with E-state index >= 15 is 0 Å². The van der Waals surface area contributed by atoms with Crippen molar-refractivity contribution in [3.63, 3.8) is 0 Å². The minimum atomic E-state index is -0.879. The lowest BCUT2D eigenvalue weighted by Gasteiger charge is -2.19. The number of fused-ring (bicyclic) bond motifs is 1. The summed E-state index contributed by atoms with van der Waals surface area (Å²) in [7, 11) is 0. The van der Waals surface area contributed by atoms with Gasteiger partial charge in [-0.15, -0.1) is 0 Å². The average Bonchev–Trinajstić information content (AvgIpc) is 3.26. The SMILES string of the molecule is O=C(/C=C/c1ccc2c(c1)[C@H](C(=O)c1ccc(O)cc1O)[C@H](c1ccc(O)cc1)O2)c1ccc(O)cc1O. The van der Waals surface area contributed by atoms with E-state index in [-0.39, 0.29) is 39.9 Å². The number of hydrogen-bond donors (Lipinski definition) is 5. The highest BCUT2D eigenvalue weighted by molar-refractivity contribution is 6.09. The van der Waals surface area contributed by atoms with Crippen molar-refractivity contribution in [2.75, 3.05) is 0 Å². The fraction of sp³-hybridized carbons (Fsp3) is 0.0667. The van der Waals surface area contributed by atoms with Gasteiger partial charge in [0, 0.05) is 17.7 Å². The maximum Gasteiger partial charge on any atom is 0.189 e. The van der Waals surface area contributed by atoms with Gasteiger partial charge in [0.05, 0.1) is 17.0 Å². The van der Waals surface area contributed by atoms with E-state index in [9.17, 15) is 35.1 Å². The molecule has 1 aliphatic heterocycles. The summed E-state index contributed by atoms with van der Waals surface area (Å²) in [6.45, 7) is 0. The Labute approximate surface area is 217 Å². The summed E-state index contributed by atoms with van der Waals surface area (Å²) in [5, 5.41) is 49.2. The number of hydrogen-bond acceptors (Lipinski definition) is 8. The van der Waals surface area contributed by atoms with Gasteiger partial charge in [0.2, 0.25) is 0 Å². The number of Topliss-reactive ketones (excluding diaryl/α,β-unsaturated/α-hetero) is 1. The predicted octanol–water partition coefficient (Wildman–Crippen LogP) is 5.21. The fourth-order valence-corrected chi connectivity index (χ4v) is 4.48. The van der Waals surface area contributed by atoms with Crippen LogP contribution in [0.5, 0.6) is 34.5 Å². The van der Waals surface area contributed by atoms with Crippen LogP contribution in [0.25, 0.3) is 6.08 Å². The summed E-state index contributed by atoms with van der Waals surface area (Å²) in [6.07, 6.45) is 2.03. The molecule has 4 aromatic rings. The Hall–Kier alpha value is -5.24. The maximum atomic E-state index is 13.7. The van der Waals surface area contributed by atoms with E-state index < -0.39 is 23.6 Å². The summed E-state index contributed by atoms with van der Waals surface area (Å²) in [5.74, 6) is -2.38. The molecule has 0 radical (unpaired) electrons. The smallest absolute Gasteiger partial charge is 0.189 e. The molecule has 2 atom stereocenters. The predicted molar refractivity (Wildman–Crippen MR) is 138 cm³/mol. The highest BCUT2D eigenvalue weighted by Crippen LogP contribution is 2.49. The lowest BCUT2D eigenvalue weighted by atomic mass is 9.84. The average molecular weight is 510 g/mol. The second kappa shape index (κ2) is 9.67. The van der Waals surface area contributed by atoms with Crippen molar-refractivity contribution in [2.24, 2.45) is 0 Å². The third-order valence-corrected chi connectivity index (χ3v) is 6.35. The Bertz CT molecular complexity index is 1590. The third-order valence-electron chi connectivity index (χ3n) is 6.35. The molecule has 0 spiro atoms. The van der Waals surface area contributed by atoms with Gasteiger partial charge in [-0.3, -0.25) is 9.59 Å². The molecule has 0 fully saturated rings. The second-order valence-electron chi connectivity index (χ2n) is 8.87. The largest absolute Gasteiger partial charge is 0.508 e. The summed E-state index contributed by atoms with van der Waals surface area (Å²) >= 11 is 0. The molecule has 4 aromatic carbocycles. The molecule has 0 saturated heterocycles. The van der Waals surface area contributed by atoms with Crippen molar-refractivity contribution in [3.8, 4) is 34.5 Å². The first-order valence-corrected chi connectivity index (χ1v) is 11.6. The highest BCUT2D eigenvalue weighted by Gasteiger charge is 2.41. The van der Waals surface area contributed by atoms with Crippen LogP contribution in [0.15, 0.2) is 84.9 Å². The minimum Gasteiger partial charge on any atom is -0.508 e. The zero-order chi connectivity index (χ0) is 27.0. The number of rotatable bonds is 6. The number of allylic oxidation sites excluding steroid dienone is 1. The Balaban J connectivity index is 1.52. The number of ether oxygens (including phenoxy) is 1. The molecule has 0 saturated carbocycles.